The van der Waals surface area contributed by atoms with Crippen LogP contribution in [0, 0.1) is 16.0 Å². The van der Waals surface area contributed by atoms with E-state index in [0.29, 0.717) is 13.0 Å². The number of nitrogens with one attached hydrogen (secondary N) is 1. The summed E-state index contributed by atoms with van der Waals surface area (Å²) in [5.41, 5.74) is 6.82. The summed E-state index contributed by atoms with van der Waals surface area (Å²) in [5.74, 6) is -0.00404. The van der Waals surface area contributed by atoms with Crippen LogP contribution in [0.15, 0.2) is 24.3 Å². The second-order valence-corrected chi connectivity index (χ2v) is 4.88. The first kappa shape index (κ1) is 16.1. The van der Waals surface area contributed by atoms with Crippen molar-refractivity contribution in [1.29, 1.82) is 0 Å². The van der Waals surface area contributed by atoms with Crippen molar-refractivity contribution in [2.75, 3.05) is 6.54 Å². The largest absolute Gasteiger partial charge is 0.354 e. The summed E-state index contributed by atoms with van der Waals surface area (Å²) in [4.78, 5) is 21.8. The minimum Gasteiger partial charge on any atom is -0.354 e. The van der Waals surface area contributed by atoms with Crippen LogP contribution in [0.3, 0.4) is 0 Å². The van der Waals surface area contributed by atoms with E-state index in [-0.39, 0.29) is 17.5 Å². The molecule has 110 valence electrons. The van der Waals surface area contributed by atoms with Gasteiger partial charge in [-0.1, -0.05) is 32.4 Å². The molecule has 0 aliphatic heterocycles. The molecule has 0 heterocycles. The first-order chi connectivity index (χ1) is 9.45. The maximum atomic E-state index is 11.8. The Balaban J connectivity index is 2.40. The van der Waals surface area contributed by atoms with Gasteiger partial charge in [0.2, 0.25) is 5.91 Å². The number of nitro benzene ring substituents is 1. The van der Waals surface area contributed by atoms with Gasteiger partial charge in [0.1, 0.15) is 0 Å². The first-order valence-corrected chi connectivity index (χ1v) is 6.72. The highest BCUT2D eigenvalue weighted by Gasteiger charge is 2.18. The number of hydrogen-bond donors (Lipinski definition) is 2. The van der Waals surface area contributed by atoms with Crippen molar-refractivity contribution < 1.29 is 9.72 Å². The number of carbonyl (C=O) groups excluding carboxylic acids is 1. The lowest BCUT2D eigenvalue weighted by Crippen LogP contribution is -2.45. The maximum absolute atomic E-state index is 11.8. The predicted octanol–water partition coefficient (Wildman–Crippen LogP) is 1.63. The Morgan fingerprint density at radius 2 is 2.00 bits per heavy atom. The van der Waals surface area contributed by atoms with E-state index in [1.165, 1.54) is 12.1 Å². The van der Waals surface area contributed by atoms with E-state index in [4.69, 9.17) is 5.73 Å². The SMILES string of the molecule is CCC(C)[C@H](N)C(=O)NCCc1ccc([N+](=O)[O-])cc1. The van der Waals surface area contributed by atoms with E-state index in [1.54, 1.807) is 12.1 Å². The zero-order chi connectivity index (χ0) is 15.1. The zero-order valence-corrected chi connectivity index (χ0v) is 11.8. The fourth-order valence-corrected chi connectivity index (χ4v) is 1.74. The Bertz CT molecular complexity index is 459. The highest BCUT2D eigenvalue weighted by molar-refractivity contribution is 5.81. The summed E-state index contributed by atoms with van der Waals surface area (Å²) >= 11 is 0. The highest BCUT2D eigenvalue weighted by Crippen LogP contribution is 2.12. The molecule has 20 heavy (non-hydrogen) atoms. The van der Waals surface area contributed by atoms with E-state index in [2.05, 4.69) is 5.32 Å². The zero-order valence-electron chi connectivity index (χ0n) is 11.8. The van der Waals surface area contributed by atoms with Crippen LogP contribution in [0.1, 0.15) is 25.8 Å². The lowest BCUT2D eigenvalue weighted by atomic mass is 9.99. The average Bonchev–Trinajstić information content (AvgIpc) is 2.45. The van der Waals surface area contributed by atoms with Gasteiger partial charge in [0.05, 0.1) is 11.0 Å². The first-order valence-electron chi connectivity index (χ1n) is 6.72. The molecule has 0 aliphatic carbocycles. The minimum atomic E-state index is -0.489. The van der Waals surface area contributed by atoms with Gasteiger partial charge in [-0.05, 0) is 17.9 Å². The number of nitrogens with zero attached hydrogens (tertiary/aromatic N) is 1. The molecule has 0 spiro atoms. The molecule has 1 aromatic carbocycles. The molecule has 1 amide bonds. The Morgan fingerprint density at radius 3 is 2.50 bits per heavy atom. The number of nitro groups is 1. The van der Waals surface area contributed by atoms with Crippen molar-refractivity contribution in [2.45, 2.75) is 32.7 Å². The molecule has 0 fully saturated rings. The van der Waals surface area contributed by atoms with Gasteiger partial charge in [0.25, 0.3) is 5.69 Å². The predicted molar refractivity (Wildman–Crippen MR) is 77.2 cm³/mol. The van der Waals surface area contributed by atoms with Crippen LogP contribution < -0.4 is 11.1 Å². The van der Waals surface area contributed by atoms with Crippen molar-refractivity contribution in [3.63, 3.8) is 0 Å². The van der Waals surface area contributed by atoms with Crippen molar-refractivity contribution in [2.24, 2.45) is 11.7 Å². The third-order valence-corrected chi connectivity index (χ3v) is 3.42. The highest BCUT2D eigenvalue weighted by atomic mass is 16.6. The maximum Gasteiger partial charge on any atom is 0.269 e. The summed E-state index contributed by atoms with van der Waals surface area (Å²) < 4.78 is 0. The third-order valence-electron chi connectivity index (χ3n) is 3.42. The lowest BCUT2D eigenvalue weighted by Gasteiger charge is -2.17. The summed E-state index contributed by atoms with van der Waals surface area (Å²) in [5, 5.41) is 13.3. The van der Waals surface area contributed by atoms with Crippen LogP contribution in [0.25, 0.3) is 0 Å². The van der Waals surface area contributed by atoms with Gasteiger partial charge < -0.3 is 11.1 Å². The standard InChI is InChI=1S/C14H21N3O3/c1-3-10(2)13(15)14(18)16-9-8-11-4-6-12(7-5-11)17(19)20/h4-7,10,13H,3,8-9,15H2,1-2H3,(H,16,18)/t10?,13-/m0/s1. The molecule has 1 rings (SSSR count). The molecule has 0 saturated heterocycles. The average molecular weight is 279 g/mol. The Kier molecular flexibility index (Phi) is 6.11. The number of non-ortho nitro benzene ring substituents is 1. The van der Waals surface area contributed by atoms with Crippen LogP contribution in [-0.2, 0) is 11.2 Å². The van der Waals surface area contributed by atoms with E-state index >= 15 is 0 Å². The molecule has 6 heteroatoms. The number of nitrogens with two attached hydrogens (primary N) is 1. The number of benzene rings is 1. The van der Waals surface area contributed by atoms with Crippen LogP contribution in [-0.4, -0.2) is 23.4 Å². The van der Waals surface area contributed by atoms with E-state index in [1.807, 2.05) is 13.8 Å². The fraction of sp³-hybridized carbons (Fsp3) is 0.500. The van der Waals surface area contributed by atoms with Crippen molar-refractivity contribution in [1.82, 2.24) is 5.32 Å². The van der Waals surface area contributed by atoms with Gasteiger partial charge in [-0.25, -0.2) is 0 Å². The Morgan fingerprint density at radius 1 is 1.40 bits per heavy atom. The summed E-state index contributed by atoms with van der Waals surface area (Å²) in [6.45, 7) is 4.41. The van der Waals surface area contributed by atoms with Gasteiger partial charge in [-0.15, -0.1) is 0 Å². The second-order valence-electron chi connectivity index (χ2n) is 4.88. The van der Waals surface area contributed by atoms with Gasteiger partial charge in [-0.2, -0.15) is 0 Å². The third kappa shape index (κ3) is 4.62. The second kappa shape index (κ2) is 7.59. The number of carbonyl (C=O) groups is 1. The minimum absolute atomic E-state index is 0.0663. The molecule has 1 aromatic rings. The summed E-state index contributed by atoms with van der Waals surface area (Å²) in [7, 11) is 0. The molecular weight excluding hydrogens is 258 g/mol. The van der Waals surface area contributed by atoms with Gasteiger partial charge in [0.15, 0.2) is 0 Å². The molecule has 0 radical (unpaired) electrons. The lowest BCUT2D eigenvalue weighted by molar-refractivity contribution is -0.384. The molecule has 6 nitrogen and oxygen atoms in total. The number of amides is 1. The van der Waals surface area contributed by atoms with E-state index in [0.717, 1.165) is 12.0 Å². The number of hydrogen-bond acceptors (Lipinski definition) is 4. The van der Waals surface area contributed by atoms with Crippen LogP contribution in [0.2, 0.25) is 0 Å². The summed E-state index contributed by atoms with van der Waals surface area (Å²) in [6.07, 6.45) is 1.48. The smallest absolute Gasteiger partial charge is 0.269 e. The fourth-order valence-electron chi connectivity index (χ4n) is 1.74. The van der Waals surface area contributed by atoms with Crippen LogP contribution >= 0.6 is 0 Å². The molecule has 2 atom stereocenters. The monoisotopic (exact) mass is 279 g/mol. The van der Waals surface area contributed by atoms with Gasteiger partial charge in [0, 0.05) is 18.7 Å². The molecule has 1 unspecified atom stereocenters. The van der Waals surface area contributed by atoms with E-state index in [9.17, 15) is 14.9 Å². The van der Waals surface area contributed by atoms with Gasteiger partial charge in [-0.3, -0.25) is 14.9 Å². The molecule has 0 aliphatic rings. The Labute approximate surface area is 118 Å². The van der Waals surface area contributed by atoms with Crippen LogP contribution in [0.5, 0.6) is 0 Å². The van der Waals surface area contributed by atoms with Crippen molar-refractivity contribution in [3.8, 4) is 0 Å². The molecular formula is C14H21N3O3. The van der Waals surface area contributed by atoms with Crippen molar-refractivity contribution >= 4 is 11.6 Å². The Hall–Kier alpha value is -1.95. The topological polar surface area (TPSA) is 98.3 Å². The normalized spacial score (nSPS) is 13.6. The molecule has 0 saturated carbocycles. The van der Waals surface area contributed by atoms with Crippen LogP contribution in [0.4, 0.5) is 5.69 Å². The number of rotatable bonds is 7. The van der Waals surface area contributed by atoms with E-state index < -0.39 is 11.0 Å². The molecule has 3 N–H and O–H groups in total. The molecule has 0 bridgehead atoms. The molecule has 0 aromatic heterocycles. The summed E-state index contributed by atoms with van der Waals surface area (Å²) in [6, 6.07) is 5.82. The van der Waals surface area contributed by atoms with Gasteiger partial charge >= 0.3 is 0 Å². The van der Waals surface area contributed by atoms with Crippen molar-refractivity contribution in [3.05, 3.63) is 39.9 Å². The quantitative estimate of drug-likeness (QED) is 0.585.